The van der Waals surface area contributed by atoms with Gasteiger partial charge in [-0.15, -0.1) is 0 Å². The number of aromatic nitrogens is 2. The number of nitrogens with zero attached hydrogens (tertiary/aromatic N) is 2. The Bertz CT molecular complexity index is 1760. The van der Waals surface area contributed by atoms with Crippen LogP contribution in [0.25, 0.3) is 22.2 Å². The van der Waals surface area contributed by atoms with Gasteiger partial charge in [-0.1, -0.05) is 0 Å². The SMILES string of the molecule is COc1cc2cc(C(=O)NC[C@](O)(c3cc4c(c(-c5ccc(F)cc5)n3)OC[C@]4(C)C(N)=O)C(F)(F)F)ccc2nc1C. The number of halogens is 4. The second kappa shape index (κ2) is 10.5. The molecule has 4 N–H and O–H groups in total. The highest BCUT2D eigenvalue weighted by molar-refractivity contribution is 5.98. The number of pyridine rings is 2. The second-order valence-corrected chi connectivity index (χ2v) is 10.4. The molecular weight excluding hydrogens is 572 g/mol. The van der Waals surface area contributed by atoms with E-state index in [-0.39, 0.29) is 34.7 Å². The Kier molecular flexibility index (Phi) is 7.25. The molecule has 0 bridgehead atoms. The zero-order valence-corrected chi connectivity index (χ0v) is 23.2. The zero-order chi connectivity index (χ0) is 31.3. The number of aliphatic hydroxyl groups is 1. The number of hydrogen-bond acceptors (Lipinski definition) is 7. The van der Waals surface area contributed by atoms with Crippen LogP contribution in [0.5, 0.6) is 11.5 Å². The summed E-state index contributed by atoms with van der Waals surface area (Å²) >= 11 is 0. The number of hydrogen-bond donors (Lipinski definition) is 3. The lowest BCUT2D eigenvalue weighted by Crippen LogP contribution is -2.51. The Morgan fingerprint density at radius 3 is 2.44 bits per heavy atom. The van der Waals surface area contributed by atoms with E-state index in [0.717, 1.165) is 18.2 Å². The van der Waals surface area contributed by atoms with Crippen LogP contribution in [0.15, 0.2) is 54.6 Å². The summed E-state index contributed by atoms with van der Waals surface area (Å²) in [5, 5.41) is 13.9. The average Bonchev–Trinajstić information content (AvgIpc) is 3.32. The van der Waals surface area contributed by atoms with E-state index in [4.69, 9.17) is 15.2 Å². The van der Waals surface area contributed by atoms with Crippen LogP contribution in [0.1, 0.15) is 34.2 Å². The number of methoxy groups -OCH3 is 1. The van der Waals surface area contributed by atoms with Gasteiger partial charge in [0.05, 0.1) is 30.6 Å². The number of primary amides is 1. The van der Waals surface area contributed by atoms with E-state index < -0.39 is 47.1 Å². The summed E-state index contributed by atoms with van der Waals surface area (Å²) in [6.07, 6.45) is -5.34. The van der Waals surface area contributed by atoms with Crippen molar-refractivity contribution in [3.05, 3.63) is 82.9 Å². The first-order chi connectivity index (χ1) is 20.2. The minimum absolute atomic E-state index is 0.00773. The van der Waals surface area contributed by atoms with E-state index in [1.807, 2.05) is 0 Å². The van der Waals surface area contributed by atoms with Crippen LogP contribution in [0, 0.1) is 12.7 Å². The standard InChI is InChI=1S/C30H26F4N4O5/c1-15-22(42-3)11-18-10-17(6-9-21(18)37-15)26(39)36-13-29(41,30(32,33)34)23-12-20-25(43-14-28(20,2)27(35)40)24(38-23)16-4-7-19(31)8-5-16/h4-12,41H,13-14H2,1-3H3,(H2,35,40)(H,36,39)/t28-,29-/m0/s1. The summed E-state index contributed by atoms with van der Waals surface area (Å²) in [6.45, 7) is 1.51. The van der Waals surface area contributed by atoms with Crippen molar-refractivity contribution in [1.29, 1.82) is 0 Å². The zero-order valence-electron chi connectivity index (χ0n) is 23.2. The maximum Gasteiger partial charge on any atom is 0.424 e. The van der Waals surface area contributed by atoms with E-state index in [1.54, 1.807) is 13.0 Å². The Hall–Kier alpha value is -4.78. The molecule has 9 nitrogen and oxygen atoms in total. The van der Waals surface area contributed by atoms with Gasteiger partial charge in [0.1, 0.15) is 35.0 Å². The van der Waals surface area contributed by atoms with Crippen LogP contribution in [0.3, 0.4) is 0 Å². The van der Waals surface area contributed by atoms with Gasteiger partial charge < -0.3 is 25.6 Å². The number of nitrogens with one attached hydrogen (secondary N) is 1. The predicted octanol–water partition coefficient (Wildman–Crippen LogP) is 4.07. The molecule has 2 atom stereocenters. The molecule has 0 aliphatic carbocycles. The van der Waals surface area contributed by atoms with Crippen LogP contribution in [0.4, 0.5) is 17.6 Å². The normalized spacial score (nSPS) is 17.6. The van der Waals surface area contributed by atoms with Crippen molar-refractivity contribution in [3.63, 3.8) is 0 Å². The van der Waals surface area contributed by atoms with Crippen LogP contribution in [-0.4, -0.2) is 53.3 Å². The molecule has 1 aliphatic heterocycles. The molecule has 0 fully saturated rings. The van der Waals surface area contributed by atoms with Gasteiger partial charge in [-0.2, -0.15) is 13.2 Å². The third kappa shape index (κ3) is 5.09. The van der Waals surface area contributed by atoms with E-state index in [0.29, 0.717) is 22.3 Å². The molecule has 0 spiro atoms. The van der Waals surface area contributed by atoms with Crippen molar-refractivity contribution in [2.75, 3.05) is 20.3 Å². The van der Waals surface area contributed by atoms with Gasteiger partial charge in [0.15, 0.2) is 0 Å². The Labute approximate surface area is 242 Å². The lowest BCUT2D eigenvalue weighted by atomic mass is 9.81. The first-order valence-electron chi connectivity index (χ1n) is 13.0. The summed E-state index contributed by atoms with van der Waals surface area (Å²) in [5.41, 5.74) is 0.511. The molecule has 1 aliphatic rings. The van der Waals surface area contributed by atoms with Crippen LogP contribution in [-0.2, 0) is 15.8 Å². The van der Waals surface area contributed by atoms with Gasteiger partial charge in [-0.25, -0.2) is 14.4 Å². The molecule has 43 heavy (non-hydrogen) atoms. The highest BCUT2D eigenvalue weighted by atomic mass is 19.4. The number of aryl methyl sites for hydroxylation is 1. The number of fused-ring (bicyclic) bond motifs is 2. The molecule has 0 saturated carbocycles. The Morgan fingerprint density at radius 1 is 1.12 bits per heavy atom. The summed E-state index contributed by atoms with van der Waals surface area (Å²) in [6, 6.07) is 11.6. The average molecular weight is 599 g/mol. The third-order valence-electron chi connectivity index (χ3n) is 7.57. The Balaban J connectivity index is 1.56. The van der Waals surface area contributed by atoms with E-state index in [1.165, 1.54) is 44.4 Å². The minimum atomic E-state index is -5.34. The van der Waals surface area contributed by atoms with E-state index in [2.05, 4.69) is 15.3 Å². The molecule has 5 rings (SSSR count). The van der Waals surface area contributed by atoms with Crippen LogP contribution < -0.4 is 20.5 Å². The van der Waals surface area contributed by atoms with Crippen molar-refractivity contribution in [2.24, 2.45) is 5.73 Å². The van der Waals surface area contributed by atoms with Gasteiger partial charge in [0, 0.05) is 22.1 Å². The van der Waals surface area contributed by atoms with Crippen molar-refractivity contribution >= 4 is 22.7 Å². The lowest BCUT2D eigenvalue weighted by molar-refractivity contribution is -0.265. The van der Waals surface area contributed by atoms with E-state index >= 15 is 0 Å². The van der Waals surface area contributed by atoms with Gasteiger partial charge >= 0.3 is 6.18 Å². The maximum absolute atomic E-state index is 14.6. The molecular formula is C30H26F4N4O5. The fraction of sp³-hybridized carbons (Fsp3) is 0.267. The van der Waals surface area contributed by atoms with Crippen molar-refractivity contribution in [3.8, 4) is 22.8 Å². The molecule has 2 aromatic carbocycles. The first kappa shape index (κ1) is 29.7. The predicted molar refractivity (Wildman–Crippen MR) is 147 cm³/mol. The molecule has 0 unspecified atom stereocenters. The molecule has 224 valence electrons. The number of carbonyl (C=O) groups excluding carboxylic acids is 2. The minimum Gasteiger partial charge on any atom is -0.495 e. The molecule has 2 amide bonds. The highest BCUT2D eigenvalue weighted by Crippen LogP contribution is 2.47. The fourth-order valence-corrected chi connectivity index (χ4v) is 4.85. The van der Waals surface area contributed by atoms with Crippen LogP contribution in [0.2, 0.25) is 0 Å². The number of nitrogens with two attached hydrogens (primary N) is 1. The summed E-state index contributed by atoms with van der Waals surface area (Å²) in [4.78, 5) is 33.9. The quantitative estimate of drug-likeness (QED) is 0.273. The maximum atomic E-state index is 14.6. The molecule has 0 saturated heterocycles. The summed E-state index contributed by atoms with van der Waals surface area (Å²) < 4.78 is 68.4. The van der Waals surface area contributed by atoms with Gasteiger partial charge in [0.25, 0.3) is 5.91 Å². The van der Waals surface area contributed by atoms with E-state index in [9.17, 15) is 32.3 Å². The number of amides is 2. The second-order valence-electron chi connectivity index (χ2n) is 10.4. The monoisotopic (exact) mass is 598 g/mol. The van der Waals surface area contributed by atoms with Gasteiger partial charge in [-0.05, 0) is 68.4 Å². The van der Waals surface area contributed by atoms with Gasteiger partial charge in [-0.3, -0.25) is 9.59 Å². The topological polar surface area (TPSA) is 137 Å². The number of ether oxygens (including phenoxy) is 2. The fourth-order valence-electron chi connectivity index (χ4n) is 4.85. The smallest absolute Gasteiger partial charge is 0.424 e. The number of alkyl halides is 3. The summed E-state index contributed by atoms with van der Waals surface area (Å²) in [5.74, 6) is -1.96. The van der Waals surface area contributed by atoms with Gasteiger partial charge in [0.2, 0.25) is 11.5 Å². The van der Waals surface area contributed by atoms with Crippen molar-refractivity contribution < 1.29 is 41.7 Å². The molecule has 2 aromatic heterocycles. The molecule has 3 heterocycles. The molecule has 13 heteroatoms. The van der Waals surface area contributed by atoms with Crippen LogP contribution >= 0.6 is 0 Å². The lowest BCUT2D eigenvalue weighted by Gasteiger charge is -2.31. The molecule has 0 radical (unpaired) electrons. The largest absolute Gasteiger partial charge is 0.495 e. The Morgan fingerprint density at radius 2 is 1.81 bits per heavy atom. The van der Waals surface area contributed by atoms with Crippen molar-refractivity contribution in [2.45, 2.75) is 31.0 Å². The number of rotatable bonds is 7. The number of benzene rings is 2. The summed E-state index contributed by atoms with van der Waals surface area (Å²) in [7, 11) is 1.46. The van der Waals surface area contributed by atoms with Crippen molar-refractivity contribution in [1.82, 2.24) is 15.3 Å². The molecule has 4 aromatic rings. The first-order valence-corrected chi connectivity index (χ1v) is 13.0. The third-order valence-corrected chi connectivity index (χ3v) is 7.57. The highest BCUT2D eigenvalue weighted by Gasteiger charge is 2.57. The number of carbonyl (C=O) groups is 2.